The number of hydrogen-bond acceptors (Lipinski definition) is 3. The van der Waals surface area contributed by atoms with Gasteiger partial charge < -0.3 is 15.1 Å². The molecule has 2 N–H and O–H groups in total. The Balaban J connectivity index is 1.74. The number of carbonyl (C=O) groups is 2. The molecule has 0 saturated carbocycles. The third-order valence-electron chi connectivity index (χ3n) is 6.47. The number of aliphatic hydroxyl groups is 1. The Labute approximate surface area is 189 Å². The van der Waals surface area contributed by atoms with Gasteiger partial charge in [0.2, 0.25) is 0 Å². The van der Waals surface area contributed by atoms with Crippen LogP contribution in [-0.4, -0.2) is 51.6 Å². The first-order valence-corrected chi connectivity index (χ1v) is 11.8. The van der Waals surface area contributed by atoms with E-state index in [1.54, 1.807) is 0 Å². The van der Waals surface area contributed by atoms with E-state index in [1.807, 2.05) is 25.1 Å². The Morgan fingerprint density at radius 3 is 2.50 bits per heavy atom. The third kappa shape index (κ3) is 8.49. The van der Waals surface area contributed by atoms with E-state index in [0.717, 1.165) is 19.3 Å². The number of carboxylic acid groups (broad SMARTS) is 1. The Morgan fingerprint density at radius 1 is 1.12 bits per heavy atom. The molecule has 0 bridgehead atoms. The Bertz CT molecular complexity index is 713. The second-order valence-corrected chi connectivity index (χ2v) is 9.12. The highest BCUT2D eigenvalue weighted by Gasteiger charge is 2.52. The molecule has 1 aliphatic heterocycles. The second kappa shape index (κ2) is 12.9. The van der Waals surface area contributed by atoms with Crippen molar-refractivity contribution in [3.05, 3.63) is 35.9 Å². The van der Waals surface area contributed by atoms with Gasteiger partial charge >= 0.3 is 11.9 Å². The first-order valence-electron chi connectivity index (χ1n) is 11.8. The fourth-order valence-corrected chi connectivity index (χ4v) is 4.44. The van der Waals surface area contributed by atoms with Crippen LogP contribution < -0.4 is 0 Å². The second-order valence-electron chi connectivity index (χ2n) is 9.12. The van der Waals surface area contributed by atoms with Crippen LogP contribution in [0.3, 0.4) is 0 Å². The molecule has 180 valence electrons. The highest BCUT2D eigenvalue weighted by Crippen LogP contribution is 2.36. The number of unbranched alkanes of at least 4 members (excludes halogenated alkanes) is 3. The van der Waals surface area contributed by atoms with Crippen molar-refractivity contribution < 1.29 is 28.6 Å². The quantitative estimate of drug-likeness (QED) is 0.364. The predicted molar refractivity (Wildman–Crippen MR) is 120 cm³/mol. The van der Waals surface area contributed by atoms with Crippen molar-refractivity contribution in [3.8, 4) is 0 Å². The summed E-state index contributed by atoms with van der Waals surface area (Å²) in [6.07, 6.45) is 5.10. The van der Waals surface area contributed by atoms with Crippen LogP contribution in [0.25, 0.3) is 0 Å². The number of alkyl halides is 2. The zero-order valence-electron chi connectivity index (χ0n) is 19.0. The van der Waals surface area contributed by atoms with Crippen LogP contribution in [0.2, 0.25) is 0 Å². The molecule has 1 heterocycles. The summed E-state index contributed by atoms with van der Waals surface area (Å²) in [6, 6.07) is 9.61. The normalized spacial score (nSPS) is 19.8. The number of hydrogen-bond donors (Lipinski definition) is 2. The maximum absolute atomic E-state index is 14.0. The van der Waals surface area contributed by atoms with Crippen LogP contribution in [-0.2, 0) is 16.0 Å². The minimum absolute atomic E-state index is 0.0685. The van der Waals surface area contributed by atoms with E-state index >= 15 is 0 Å². The molecule has 0 spiro atoms. The first-order chi connectivity index (χ1) is 15.2. The average molecular weight is 454 g/mol. The first kappa shape index (κ1) is 26.2. The minimum Gasteiger partial charge on any atom is -0.481 e. The zero-order valence-corrected chi connectivity index (χ0v) is 19.0. The maximum Gasteiger partial charge on any atom is 0.326 e. The lowest BCUT2D eigenvalue weighted by Crippen LogP contribution is -2.37. The number of nitrogens with zero attached hydrogens (tertiary/aromatic N) is 1. The number of carbonyl (C=O) groups excluding carboxylic acids is 1. The topological polar surface area (TPSA) is 77.8 Å². The van der Waals surface area contributed by atoms with E-state index in [-0.39, 0.29) is 18.9 Å². The van der Waals surface area contributed by atoms with Crippen LogP contribution in [0.4, 0.5) is 8.78 Å². The summed E-state index contributed by atoms with van der Waals surface area (Å²) in [5.41, 5.74) is 1.26. The third-order valence-corrected chi connectivity index (χ3v) is 6.47. The molecule has 1 aromatic carbocycles. The largest absolute Gasteiger partial charge is 0.481 e. The Hall–Kier alpha value is -2.02. The van der Waals surface area contributed by atoms with Crippen molar-refractivity contribution in [1.29, 1.82) is 0 Å². The molecule has 1 unspecified atom stereocenters. The van der Waals surface area contributed by atoms with Crippen molar-refractivity contribution in [2.24, 2.45) is 5.92 Å². The summed E-state index contributed by atoms with van der Waals surface area (Å²) in [4.78, 5) is 24.0. The van der Waals surface area contributed by atoms with E-state index in [0.29, 0.717) is 38.5 Å². The predicted octanol–water partition coefficient (Wildman–Crippen LogP) is 5.06. The molecule has 0 radical (unpaired) electrons. The molecule has 0 aliphatic carbocycles. The lowest BCUT2D eigenvalue weighted by atomic mass is 9.92. The van der Waals surface area contributed by atoms with Gasteiger partial charge in [0.05, 0.1) is 6.10 Å². The lowest BCUT2D eigenvalue weighted by molar-refractivity contribution is -0.148. The molecule has 1 fully saturated rings. The van der Waals surface area contributed by atoms with Gasteiger partial charge in [-0.05, 0) is 56.4 Å². The summed E-state index contributed by atoms with van der Waals surface area (Å²) in [5, 5.41) is 19.2. The van der Waals surface area contributed by atoms with Crippen LogP contribution in [0.5, 0.6) is 0 Å². The number of halogens is 2. The van der Waals surface area contributed by atoms with Gasteiger partial charge in [-0.15, -0.1) is 0 Å². The van der Waals surface area contributed by atoms with Gasteiger partial charge in [-0.1, -0.05) is 50.1 Å². The SMILES string of the molecule is C[C@@H](CCCc1ccccc1)[C@H](O)CCC1CC(F)(F)C(=O)N1CCCCCCC(=O)O. The van der Waals surface area contributed by atoms with E-state index in [2.05, 4.69) is 12.1 Å². The standard InChI is InChI=1S/C25H37F2NO4/c1-19(10-9-13-20-11-5-4-6-12-20)22(29)16-15-21-18-25(26,27)24(32)28(21)17-8-3-2-7-14-23(30)31/h4-6,11-12,19,21-22,29H,2-3,7-10,13-18H2,1H3,(H,30,31)/t19-,21?,22+/m0/s1. The summed E-state index contributed by atoms with van der Waals surface area (Å²) in [7, 11) is 0. The van der Waals surface area contributed by atoms with Gasteiger partial charge in [0.1, 0.15) is 0 Å². The molecular weight excluding hydrogens is 416 g/mol. The summed E-state index contributed by atoms with van der Waals surface area (Å²) >= 11 is 0. The number of likely N-dealkylation sites (tertiary alicyclic amines) is 1. The van der Waals surface area contributed by atoms with Crippen LogP contribution in [0.1, 0.15) is 76.7 Å². The van der Waals surface area contributed by atoms with E-state index in [1.165, 1.54) is 10.5 Å². The van der Waals surface area contributed by atoms with Crippen LogP contribution in [0.15, 0.2) is 30.3 Å². The number of aliphatic hydroxyl groups excluding tert-OH is 1. The Morgan fingerprint density at radius 2 is 1.81 bits per heavy atom. The monoisotopic (exact) mass is 453 g/mol. The van der Waals surface area contributed by atoms with E-state index in [4.69, 9.17) is 5.11 Å². The van der Waals surface area contributed by atoms with Gasteiger partial charge in [-0.2, -0.15) is 8.78 Å². The van der Waals surface area contributed by atoms with Gasteiger partial charge in [0.25, 0.3) is 5.91 Å². The van der Waals surface area contributed by atoms with Gasteiger partial charge in [-0.25, -0.2) is 0 Å². The fourth-order valence-electron chi connectivity index (χ4n) is 4.44. The molecule has 32 heavy (non-hydrogen) atoms. The smallest absolute Gasteiger partial charge is 0.326 e. The number of benzene rings is 1. The van der Waals surface area contributed by atoms with Crippen molar-refractivity contribution in [2.45, 2.75) is 95.6 Å². The number of rotatable bonds is 15. The molecule has 2 rings (SSSR count). The zero-order chi connectivity index (χ0) is 23.6. The summed E-state index contributed by atoms with van der Waals surface area (Å²) < 4.78 is 28.1. The fraction of sp³-hybridized carbons (Fsp3) is 0.680. The number of amides is 1. The van der Waals surface area contributed by atoms with Crippen LogP contribution in [0, 0.1) is 5.92 Å². The molecule has 1 aromatic rings. The number of carboxylic acids is 1. The summed E-state index contributed by atoms with van der Waals surface area (Å²) in [6.45, 7) is 2.24. The highest BCUT2D eigenvalue weighted by atomic mass is 19.3. The average Bonchev–Trinajstić information content (AvgIpc) is 2.97. The van der Waals surface area contributed by atoms with E-state index < -0.39 is 36.4 Å². The molecule has 1 amide bonds. The highest BCUT2D eigenvalue weighted by molar-refractivity contribution is 5.86. The van der Waals surface area contributed by atoms with Gasteiger partial charge in [0.15, 0.2) is 0 Å². The van der Waals surface area contributed by atoms with Crippen molar-refractivity contribution >= 4 is 11.9 Å². The molecular formula is C25H37F2NO4. The Kier molecular flexibility index (Phi) is 10.6. The van der Waals surface area contributed by atoms with Crippen molar-refractivity contribution in [3.63, 3.8) is 0 Å². The van der Waals surface area contributed by atoms with Gasteiger partial charge in [0, 0.05) is 25.4 Å². The van der Waals surface area contributed by atoms with Crippen LogP contribution >= 0.6 is 0 Å². The van der Waals surface area contributed by atoms with E-state index in [9.17, 15) is 23.5 Å². The molecule has 7 heteroatoms. The minimum atomic E-state index is -3.33. The maximum atomic E-state index is 14.0. The molecule has 5 nitrogen and oxygen atoms in total. The lowest BCUT2D eigenvalue weighted by Gasteiger charge is -2.26. The molecule has 0 aromatic heterocycles. The number of aryl methyl sites for hydroxylation is 1. The van der Waals surface area contributed by atoms with Gasteiger partial charge in [-0.3, -0.25) is 9.59 Å². The molecule has 3 atom stereocenters. The van der Waals surface area contributed by atoms with Crippen molar-refractivity contribution in [1.82, 2.24) is 4.90 Å². The molecule has 1 aliphatic rings. The number of aliphatic carboxylic acids is 1. The molecule has 1 saturated heterocycles. The van der Waals surface area contributed by atoms with Crippen molar-refractivity contribution in [2.75, 3.05) is 6.54 Å². The summed E-state index contributed by atoms with van der Waals surface area (Å²) in [5.74, 6) is -5.22.